The van der Waals surface area contributed by atoms with Crippen molar-refractivity contribution in [1.82, 2.24) is 15.2 Å². The Morgan fingerprint density at radius 1 is 1.35 bits per heavy atom. The van der Waals surface area contributed by atoms with Crippen molar-refractivity contribution in [3.63, 3.8) is 0 Å². The van der Waals surface area contributed by atoms with Crippen LogP contribution >= 0.6 is 12.4 Å². The van der Waals surface area contributed by atoms with E-state index < -0.39 is 0 Å². The minimum Gasteiger partial charge on any atom is -0.333 e. The van der Waals surface area contributed by atoms with E-state index in [1.807, 2.05) is 12.3 Å². The summed E-state index contributed by atoms with van der Waals surface area (Å²) in [5.41, 5.74) is 1.14. The van der Waals surface area contributed by atoms with Crippen LogP contribution in [0.2, 0.25) is 0 Å². The third kappa shape index (κ3) is 4.92. The molecule has 1 amide bonds. The van der Waals surface area contributed by atoms with Crippen LogP contribution in [0.15, 0.2) is 24.5 Å². The van der Waals surface area contributed by atoms with Gasteiger partial charge in [0.25, 0.3) is 0 Å². The number of piperazine rings is 1. The van der Waals surface area contributed by atoms with Crippen molar-refractivity contribution in [2.45, 2.75) is 51.0 Å². The lowest BCUT2D eigenvalue weighted by Gasteiger charge is -2.36. The monoisotopic (exact) mass is 337 g/mol. The van der Waals surface area contributed by atoms with Crippen molar-refractivity contribution < 1.29 is 4.79 Å². The van der Waals surface area contributed by atoms with E-state index in [9.17, 15) is 4.79 Å². The number of aromatic nitrogens is 1. The van der Waals surface area contributed by atoms with Gasteiger partial charge in [-0.3, -0.25) is 9.78 Å². The number of hydrogen-bond donors (Lipinski definition) is 1. The van der Waals surface area contributed by atoms with Crippen molar-refractivity contribution >= 4 is 18.3 Å². The molecule has 4 nitrogen and oxygen atoms in total. The Morgan fingerprint density at radius 3 is 2.91 bits per heavy atom. The van der Waals surface area contributed by atoms with Crippen LogP contribution < -0.4 is 5.32 Å². The molecule has 23 heavy (non-hydrogen) atoms. The van der Waals surface area contributed by atoms with Gasteiger partial charge in [-0.25, -0.2) is 0 Å². The number of nitrogens with zero attached hydrogens (tertiary/aromatic N) is 2. The molecule has 1 atom stereocenters. The van der Waals surface area contributed by atoms with Gasteiger partial charge in [-0.15, -0.1) is 12.4 Å². The zero-order chi connectivity index (χ0) is 15.2. The Bertz CT molecular complexity index is 476. The molecule has 2 fully saturated rings. The zero-order valence-electron chi connectivity index (χ0n) is 13.7. The first kappa shape index (κ1) is 18.2. The Labute approximate surface area is 145 Å². The summed E-state index contributed by atoms with van der Waals surface area (Å²) >= 11 is 0. The van der Waals surface area contributed by atoms with Gasteiger partial charge in [-0.1, -0.05) is 31.7 Å². The van der Waals surface area contributed by atoms with Crippen molar-refractivity contribution in [2.24, 2.45) is 5.92 Å². The molecule has 1 aromatic heterocycles. The Balaban J connectivity index is 0.00000192. The van der Waals surface area contributed by atoms with Crippen molar-refractivity contribution in [1.29, 1.82) is 0 Å². The lowest BCUT2D eigenvalue weighted by molar-refractivity contribution is -0.134. The Kier molecular flexibility index (Phi) is 7.31. The van der Waals surface area contributed by atoms with Gasteiger partial charge in [0, 0.05) is 38.4 Å². The normalized spacial score (nSPS) is 21.9. The smallest absolute Gasteiger partial charge is 0.223 e. The quantitative estimate of drug-likeness (QED) is 0.896. The molecule has 5 heteroatoms. The molecular formula is C18H28ClN3O. The fraction of sp³-hybridized carbons (Fsp3) is 0.667. The highest BCUT2D eigenvalue weighted by atomic mass is 35.5. The van der Waals surface area contributed by atoms with Crippen LogP contribution in [0.25, 0.3) is 0 Å². The number of rotatable bonds is 5. The predicted molar refractivity (Wildman–Crippen MR) is 94.6 cm³/mol. The first-order chi connectivity index (χ1) is 10.8. The summed E-state index contributed by atoms with van der Waals surface area (Å²) in [6, 6.07) is 4.16. The maximum absolute atomic E-state index is 12.6. The lowest BCUT2D eigenvalue weighted by Crippen LogP contribution is -2.48. The summed E-state index contributed by atoms with van der Waals surface area (Å²) in [5, 5.41) is 3.40. The summed E-state index contributed by atoms with van der Waals surface area (Å²) in [5.74, 6) is 1.19. The maximum Gasteiger partial charge on any atom is 0.223 e. The van der Waals surface area contributed by atoms with Gasteiger partial charge in [-0.05, 0) is 30.4 Å². The average molecular weight is 338 g/mol. The molecule has 1 aliphatic heterocycles. The third-order valence-corrected chi connectivity index (χ3v) is 5.11. The van der Waals surface area contributed by atoms with Crippen LogP contribution in [0.1, 0.15) is 56.6 Å². The van der Waals surface area contributed by atoms with Gasteiger partial charge in [-0.2, -0.15) is 0 Å². The number of pyridine rings is 1. The lowest BCUT2D eigenvalue weighted by atomic mass is 9.99. The van der Waals surface area contributed by atoms with Gasteiger partial charge < -0.3 is 10.2 Å². The highest BCUT2D eigenvalue weighted by Crippen LogP contribution is 2.29. The van der Waals surface area contributed by atoms with Gasteiger partial charge >= 0.3 is 0 Å². The predicted octanol–water partition coefficient (Wildman–Crippen LogP) is 3.34. The molecule has 1 aliphatic carbocycles. The molecule has 0 bridgehead atoms. The summed E-state index contributed by atoms with van der Waals surface area (Å²) in [4.78, 5) is 18.9. The second kappa shape index (κ2) is 9.24. The van der Waals surface area contributed by atoms with Crippen LogP contribution in [-0.4, -0.2) is 35.4 Å². The first-order valence-corrected chi connectivity index (χ1v) is 8.74. The van der Waals surface area contributed by atoms with Crippen LogP contribution in [-0.2, 0) is 4.79 Å². The molecule has 0 spiro atoms. The van der Waals surface area contributed by atoms with E-state index in [2.05, 4.69) is 21.3 Å². The highest BCUT2D eigenvalue weighted by molar-refractivity contribution is 5.85. The van der Waals surface area contributed by atoms with E-state index >= 15 is 0 Å². The van der Waals surface area contributed by atoms with E-state index in [1.165, 1.54) is 32.1 Å². The number of nitrogens with one attached hydrogen (secondary N) is 1. The van der Waals surface area contributed by atoms with E-state index in [0.717, 1.165) is 37.5 Å². The standard InChI is InChI=1S/C18H27N3O.ClH/c22-18(9-3-7-15-5-1-2-6-15)21-12-11-20-14-17(21)16-8-4-10-19-13-16;/h4,8,10,13,15,17,20H,1-3,5-7,9,11-12,14H2;1H. The number of amides is 1. The summed E-state index contributed by atoms with van der Waals surface area (Å²) in [6.07, 6.45) is 12.2. The van der Waals surface area contributed by atoms with E-state index in [4.69, 9.17) is 0 Å². The van der Waals surface area contributed by atoms with E-state index in [-0.39, 0.29) is 18.4 Å². The fourth-order valence-electron chi connectivity index (χ4n) is 3.86. The van der Waals surface area contributed by atoms with Crippen LogP contribution in [0.4, 0.5) is 0 Å². The fourth-order valence-corrected chi connectivity index (χ4v) is 3.86. The van der Waals surface area contributed by atoms with Crippen molar-refractivity contribution in [3.05, 3.63) is 30.1 Å². The molecule has 0 aromatic carbocycles. The molecule has 2 heterocycles. The Morgan fingerprint density at radius 2 is 2.17 bits per heavy atom. The van der Waals surface area contributed by atoms with Gasteiger partial charge in [0.2, 0.25) is 5.91 Å². The van der Waals surface area contributed by atoms with Crippen LogP contribution in [0.5, 0.6) is 0 Å². The summed E-state index contributed by atoms with van der Waals surface area (Å²) < 4.78 is 0. The zero-order valence-corrected chi connectivity index (χ0v) is 14.6. The Hall–Kier alpha value is -1.13. The largest absolute Gasteiger partial charge is 0.333 e. The van der Waals surface area contributed by atoms with Gasteiger partial charge in [0.15, 0.2) is 0 Å². The first-order valence-electron chi connectivity index (χ1n) is 8.74. The van der Waals surface area contributed by atoms with E-state index in [1.54, 1.807) is 6.20 Å². The molecule has 1 unspecified atom stereocenters. The molecule has 1 aromatic rings. The van der Waals surface area contributed by atoms with Crippen molar-refractivity contribution in [3.8, 4) is 0 Å². The molecule has 2 aliphatic rings. The summed E-state index contributed by atoms with van der Waals surface area (Å²) in [7, 11) is 0. The number of hydrogen-bond acceptors (Lipinski definition) is 3. The molecule has 128 valence electrons. The SMILES string of the molecule is Cl.O=C(CCCC1CCCC1)N1CCNCC1c1cccnc1. The topological polar surface area (TPSA) is 45.2 Å². The molecule has 1 saturated heterocycles. The minimum atomic E-state index is 0. The molecule has 3 rings (SSSR count). The molecule has 1 saturated carbocycles. The number of carbonyl (C=O) groups is 1. The van der Waals surface area contributed by atoms with E-state index in [0.29, 0.717) is 12.3 Å². The van der Waals surface area contributed by atoms with Gasteiger partial charge in [0.05, 0.1) is 6.04 Å². The van der Waals surface area contributed by atoms with Crippen LogP contribution in [0, 0.1) is 5.92 Å². The minimum absolute atomic E-state index is 0. The molecular weight excluding hydrogens is 310 g/mol. The summed E-state index contributed by atoms with van der Waals surface area (Å²) in [6.45, 7) is 2.53. The average Bonchev–Trinajstić information content (AvgIpc) is 3.09. The third-order valence-electron chi connectivity index (χ3n) is 5.11. The van der Waals surface area contributed by atoms with Gasteiger partial charge in [0.1, 0.15) is 0 Å². The molecule has 1 N–H and O–H groups in total. The molecule has 0 radical (unpaired) electrons. The maximum atomic E-state index is 12.6. The number of halogens is 1. The van der Waals surface area contributed by atoms with Crippen molar-refractivity contribution in [2.75, 3.05) is 19.6 Å². The number of carbonyl (C=O) groups excluding carboxylic acids is 1. The second-order valence-electron chi connectivity index (χ2n) is 6.64. The second-order valence-corrected chi connectivity index (χ2v) is 6.64. The highest BCUT2D eigenvalue weighted by Gasteiger charge is 2.27. The van der Waals surface area contributed by atoms with Crippen LogP contribution in [0.3, 0.4) is 0 Å².